The first kappa shape index (κ1) is 17.6. The van der Waals surface area contributed by atoms with E-state index in [1.165, 1.54) is 29.5 Å². The Morgan fingerprint density at radius 1 is 1.12 bits per heavy atom. The van der Waals surface area contributed by atoms with Crippen molar-refractivity contribution in [3.63, 3.8) is 0 Å². The van der Waals surface area contributed by atoms with Crippen molar-refractivity contribution in [2.45, 2.75) is 0 Å². The van der Waals surface area contributed by atoms with Crippen molar-refractivity contribution < 1.29 is 14.0 Å². The fourth-order valence-electron chi connectivity index (χ4n) is 2.80. The van der Waals surface area contributed by atoms with Crippen molar-refractivity contribution in [2.24, 2.45) is 0 Å². The minimum atomic E-state index is -0.418. The normalized spacial score (nSPS) is 15.2. The first-order valence-electron chi connectivity index (χ1n) is 8.21. The summed E-state index contributed by atoms with van der Waals surface area (Å²) in [6.45, 7) is 4.14. The average Bonchev–Trinajstić information content (AvgIpc) is 3.16. The van der Waals surface area contributed by atoms with Gasteiger partial charge in [-0.05, 0) is 29.6 Å². The van der Waals surface area contributed by atoms with Gasteiger partial charge in [-0.3, -0.25) is 14.5 Å². The predicted molar refractivity (Wildman–Crippen MR) is 95.4 cm³/mol. The Morgan fingerprint density at radius 2 is 1.92 bits per heavy atom. The van der Waals surface area contributed by atoms with Crippen LogP contribution in [0.15, 0.2) is 41.1 Å². The number of carbonyl (C=O) groups excluding carboxylic acids is 2. The van der Waals surface area contributed by atoms with Crippen molar-refractivity contribution in [1.29, 1.82) is 0 Å². The van der Waals surface area contributed by atoms with Crippen LogP contribution in [0.4, 0.5) is 4.39 Å². The molecule has 1 aliphatic rings. The number of carbonyl (C=O) groups is 2. The van der Waals surface area contributed by atoms with Crippen LogP contribution in [0.5, 0.6) is 0 Å². The van der Waals surface area contributed by atoms with Gasteiger partial charge in [-0.2, -0.15) is 11.3 Å². The van der Waals surface area contributed by atoms with E-state index in [-0.39, 0.29) is 11.8 Å². The monoisotopic (exact) mass is 361 g/mol. The molecular formula is C18H20FN3O2S. The predicted octanol–water partition coefficient (Wildman–Crippen LogP) is 2.08. The van der Waals surface area contributed by atoms with E-state index in [0.717, 1.165) is 18.7 Å². The van der Waals surface area contributed by atoms with E-state index in [4.69, 9.17) is 0 Å². The summed E-state index contributed by atoms with van der Waals surface area (Å²) in [5.74, 6) is -0.606. The van der Waals surface area contributed by atoms with Crippen LogP contribution in [0.2, 0.25) is 0 Å². The molecule has 0 radical (unpaired) electrons. The maximum absolute atomic E-state index is 13.1. The van der Waals surface area contributed by atoms with Gasteiger partial charge in [0.05, 0.1) is 5.56 Å². The molecule has 5 nitrogen and oxygen atoms in total. The molecule has 0 aliphatic carbocycles. The topological polar surface area (TPSA) is 52.7 Å². The lowest BCUT2D eigenvalue weighted by molar-refractivity contribution is 0.0638. The largest absolute Gasteiger partial charge is 0.351 e. The second-order valence-corrected chi connectivity index (χ2v) is 6.69. The summed E-state index contributed by atoms with van der Waals surface area (Å²) < 4.78 is 13.1. The zero-order valence-electron chi connectivity index (χ0n) is 13.8. The molecule has 0 atom stereocenters. The van der Waals surface area contributed by atoms with Crippen molar-refractivity contribution in [1.82, 2.24) is 15.1 Å². The van der Waals surface area contributed by atoms with Gasteiger partial charge >= 0.3 is 0 Å². The summed E-state index contributed by atoms with van der Waals surface area (Å²) in [6, 6.07) is 7.50. The van der Waals surface area contributed by atoms with Gasteiger partial charge < -0.3 is 10.2 Å². The highest BCUT2D eigenvalue weighted by molar-refractivity contribution is 7.08. The number of halogens is 1. The van der Waals surface area contributed by atoms with E-state index in [2.05, 4.69) is 10.2 Å². The van der Waals surface area contributed by atoms with Gasteiger partial charge in [0, 0.05) is 50.2 Å². The highest BCUT2D eigenvalue weighted by atomic mass is 32.1. The van der Waals surface area contributed by atoms with E-state index in [1.54, 1.807) is 6.07 Å². The van der Waals surface area contributed by atoms with Gasteiger partial charge in [-0.1, -0.05) is 6.07 Å². The Bertz CT molecular complexity index is 728. The molecule has 1 aromatic carbocycles. The van der Waals surface area contributed by atoms with Crippen molar-refractivity contribution >= 4 is 23.2 Å². The number of rotatable bonds is 5. The molecule has 0 unspecified atom stereocenters. The first-order valence-corrected chi connectivity index (χ1v) is 9.15. The van der Waals surface area contributed by atoms with Crippen LogP contribution in [0, 0.1) is 5.82 Å². The fraction of sp³-hybridized carbons (Fsp3) is 0.333. The molecular weight excluding hydrogens is 341 g/mol. The van der Waals surface area contributed by atoms with E-state index >= 15 is 0 Å². The zero-order chi connectivity index (χ0) is 17.6. The molecule has 0 saturated carbocycles. The molecule has 1 saturated heterocycles. The lowest BCUT2D eigenvalue weighted by Gasteiger charge is -2.34. The lowest BCUT2D eigenvalue weighted by Crippen LogP contribution is -2.50. The summed E-state index contributed by atoms with van der Waals surface area (Å²) in [5.41, 5.74) is 1.08. The standard InChI is InChI=1S/C18H20FN3O2S/c19-16-3-1-2-14(12-16)17(23)20-5-6-21-7-9-22(10-8-21)18(24)15-4-11-25-13-15/h1-4,11-13H,5-10H2,(H,20,23). The third-order valence-corrected chi connectivity index (χ3v) is 4.91. The molecule has 1 fully saturated rings. The number of benzene rings is 1. The second-order valence-electron chi connectivity index (χ2n) is 5.91. The molecule has 0 bridgehead atoms. The Kier molecular flexibility index (Phi) is 5.78. The summed E-state index contributed by atoms with van der Waals surface area (Å²) >= 11 is 1.52. The van der Waals surface area contributed by atoms with Gasteiger partial charge in [0.1, 0.15) is 5.82 Å². The Labute approximate surface area is 150 Å². The average molecular weight is 361 g/mol. The molecule has 1 N–H and O–H groups in total. The Morgan fingerprint density at radius 3 is 2.60 bits per heavy atom. The van der Waals surface area contributed by atoms with E-state index < -0.39 is 5.82 Å². The van der Waals surface area contributed by atoms with Gasteiger partial charge in [0.15, 0.2) is 0 Å². The number of nitrogens with one attached hydrogen (secondary N) is 1. The molecule has 7 heteroatoms. The van der Waals surface area contributed by atoms with E-state index in [0.29, 0.717) is 31.7 Å². The minimum Gasteiger partial charge on any atom is -0.351 e. The summed E-state index contributed by atoms with van der Waals surface area (Å²) in [7, 11) is 0. The molecule has 2 amide bonds. The molecule has 1 aromatic heterocycles. The smallest absolute Gasteiger partial charge is 0.254 e. The Hall–Kier alpha value is -2.25. The highest BCUT2D eigenvalue weighted by Gasteiger charge is 2.22. The summed E-state index contributed by atoms with van der Waals surface area (Å²) in [4.78, 5) is 28.3. The molecule has 2 heterocycles. The van der Waals surface area contributed by atoms with Gasteiger partial charge in [-0.25, -0.2) is 4.39 Å². The van der Waals surface area contributed by atoms with Crippen LogP contribution in [0.25, 0.3) is 0 Å². The molecule has 0 spiro atoms. The van der Waals surface area contributed by atoms with Crippen molar-refractivity contribution in [3.05, 3.63) is 58.0 Å². The SMILES string of the molecule is O=C(NCCN1CCN(C(=O)c2ccsc2)CC1)c1cccc(F)c1. The molecule has 3 rings (SSSR count). The van der Waals surface area contributed by atoms with E-state index in [1.807, 2.05) is 21.7 Å². The maximum atomic E-state index is 13.1. The minimum absolute atomic E-state index is 0.0836. The van der Waals surface area contributed by atoms with E-state index in [9.17, 15) is 14.0 Å². The number of hydrogen-bond donors (Lipinski definition) is 1. The lowest BCUT2D eigenvalue weighted by atomic mass is 10.2. The van der Waals surface area contributed by atoms with Gasteiger partial charge in [-0.15, -0.1) is 0 Å². The first-order chi connectivity index (χ1) is 12.1. The van der Waals surface area contributed by atoms with Crippen LogP contribution >= 0.6 is 11.3 Å². The third-order valence-electron chi connectivity index (χ3n) is 4.23. The Balaban J connectivity index is 1.39. The van der Waals surface area contributed by atoms with Crippen LogP contribution in [-0.2, 0) is 0 Å². The fourth-order valence-corrected chi connectivity index (χ4v) is 3.43. The molecule has 132 valence electrons. The molecule has 2 aromatic rings. The van der Waals surface area contributed by atoms with Crippen molar-refractivity contribution in [3.8, 4) is 0 Å². The van der Waals surface area contributed by atoms with Crippen molar-refractivity contribution in [2.75, 3.05) is 39.3 Å². The van der Waals surface area contributed by atoms with Gasteiger partial charge in [0.2, 0.25) is 0 Å². The number of hydrogen-bond acceptors (Lipinski definition) is 4. The van der Waals surface area contributed by atoms with Gasteiger partial charge in [0.25, 0.3) is 11.8 Å². The molecule has 1 aliphatic heterocycles. The molecule has 25 heavy (non-hydrogen) atoms. The number of piperazine rings is 1. The zero-order valence-corrected chi connectivity index (χ0v) is 14.6. The van der Waals surface area contributed by atoms with Crippen LogP contribution in [0.3, 0.4) is 0 Å². The third kappa shape index (κ3) is 4.64. The second kappa shape index (κ2) is 8.22. The van der Waals surface area contributed by atoms with Crippen LogP contribution in [0.1, 0.15) is 20.7 Å². The summed E-state index contributed by atoms with van der Waals surface area (Å²) in [6.07, 6.45) is 0. The maximum Gasteiger partial charge on any atom is 0.254 e. The summed E-state index contributed by atoms with van der Waals surface area (Å²) in [5, 5.41) is 6.58. The number of amides is 2. The van der Waals surface area contributed by atoms with Crippen LogP contribution < -0.4 is 5.32 Å². The number of nitrogens with zero attached hydrogens (tertiary/aromatic N) is 2. The highest BCUT2D eigenvalue weighted by Crippen LogP contribution is 2.11. The quantitative estimate of drug-likeness (QED) is 0.887. The van der Waals surface area contributed by atoms with Crippen LogP contribution in [-0.4, -0.2) is 60.9 Å². The number of thiophene rings is 1.